The molecule has 0 rings (SSSR count). The van der Waals surface area contributed by atoms with Crippen molar-refractivity contribution in [3.05, 3.63) is 0 Å². The molecule has 0 spiro atoms. The van der Waals surface area contributed by atoms with Crippen LogP contribution in [0.25, 0.3) is 0 Å². The Morgan fingerprint density at radius 1 is 0.306 bits per heavy atom. The smallest absolute Gasteiger partial charge is 0.0945 e. The predicted octanol–water partition coefficient (Wildman–Crippen LogP) is 14.7. The number of hydrogen-bond donors (Lipinski definition) is 0. The van der Waals surface area contributed by atoms with Crippen LogP contribution in [0.3, 0.4) is 0 Å². The minimum atomic E-state index is -3.98. The standard InChI is InChI=1S/C32H68N.C12H26O3S/c1-5-9-13-17-21-25-29-33(30-26-22-18-14-10-6-2,31-27-23-19-15-11-7-3)32-28-24-20-16-12-8-4;1-2-3-4-5-6-7-8-9-10-11-12-16(13,14)15/h5-32H2,1-4H3;2-12H2,1H3,(H,13,14,15)/q+1;/p-1. The number of quaternary nitrogens is 1. The minimum absolute atomic E-state index is 0.191. The molecule has 0 saturated heterocycles. The molecule has 0 amide bonds. The summed E-state index contributed by atoms with van der Waals surface area (Å²) in [4.78, 5) is 0. The van der Waals surface area contributed by atoms with Crippen LogP contribution in [-0.2, 0) is 10.1 Å². The lowest BCUT2D eigenvalue weighted by molar-refractivity contribution is -0.929. The Hall–Kier alpha value is -0.130. The second-order valence-electron chi connectivity index (χ2n) is 15.8. The quantitative estimate of drug-likeness (QED) is 0.0362. The van der Waals surface area contributed by atoms with Crippen LogP contribution in [0.2, 0.25) is 0 Å². The average Bonchev–Trinajstić information content (AvgIpc) is 3.08. The normalized spacial score (nSPS) is 12.0. The zero-order valence-corrected chi connectivity index (χ0v) is 35.5. The fourth-order valence-electron chi connectivity index (χ4n) is 7.35. The highest BCUT2D eigenvalue weighted by atomic mass is 32.2. The van der Waals surface area contributed by atoms with Gasteiger partial charge in [0.2, 0.25) is 0 Å². The Bertz CT molecular complexity index is 641. The number of hydrogen-bond acceptors (Lipinski definition) is 3. The van der Waals surface area contributed by atoms with Gasteiger partial charge in [0.15, 0.2) is 0 Å². The van der Waals surface area contributed by atoms with E-state index in [1.807, 2.05) is 0 Å². The van der Waals surface area contributed by atoms with Gasteiger partial charge in [-0.05, 0) is 57.8 Å². The molecule has 0 bridgehead atoms. The Labute approximate surface area is 311 Å². The minimum Gasteiger partial charge on any atom is -0.748 e. The summed E-state index contributed by atoms with van der Waals surface area (Å²) >= 11 is 0. The third kappa shape index (κ3) is 42.2. The molecule has 0 aromatic rings. The molecule has 0 heterocycles. The molecule has 0 aliphatic rings. The first-order valence-corrected chi connectivity index (χ1v) is 24.2. The molecule has 0 radical (unpaired) electrons. The molecule has 0 aliphatic heterocycles. The summed E-state index contributed by atoms with van der Waals surface area (Å²) in [6.07, 6.45) is 46.2. The number of rotatable bonds is 39. The third-order valence-corrected chi connectivity index (χ3v) is 11.5. The molecule has 5 heteroatoms. The highest BCUT2D eigenvalue weighted by Gasteiger charge is 2.25. The van der Waals surface area contributed by atoms with Gasteiger partial charge in [0.25, 0.3) is 0 Å². The van der Waals surface area contributed by atoms with E-state index in [4.69, 9.17) is 0 Å². The summed E-state index contributed by atoms with van der Waals surface area (Å²) in [6.45, 7) is 17.5. The lowest BCUT2D eigenvalue weighted by Gasteiger charge is -2.40. The fourth-order valence-corrected chi connectivity index (χ4v) is 7.90. The lowest BCUT2D eigenvalue weighted by atomic mass is 10.0. The van der Waals surface area contributed by atoms with E-state index in [1.54, 1.807) is 0 Å². The molecule has 0 aliphatic carbocycles. The molecule has 0 aromatic heterocycles. The van der Waals surface area contributed by atoms with Crippen LogP contribution < -0.4 is 0 Å². The highest BCUT2D eigenvalue weighted by molar-refractivity contribution is 7.85. The van der Waals surface area contributed by atoms with E-state index in [9.17, 15) is 13.0 Å². The first-order chi connectivity index (χ1) is 23.8. The zero-order valence-electron chi connectivity index (χ0n) is 34.7. The van der Waals surface area contributed by atoms with Gasteiger partial charge in [-0.2, -0.15) is 0 Å². The molecular weight excluding hydrogens is 623 g/mol. The van der Waals surface area contributed by atoms with Gasteiger partial charge < -0.3 is 9.04 Å². The van der Waals surface area contributed by atoms with Crippen molar-refractivity contribution in [1.29, 1.82) is 0 Å². The Morgan fingerprint density at radius 2 is 0.490 bits per heavy atom. The van der Waals surface area contributed by atoms with Gasteiger partial charge in [-0.25, -0.2) is 8.42 Å². The van der Waals surface area contributed by atoms with Crippen molar-refractivity contribution in [3.63, 3.8) is 0 Å². The summed E-state index contributed by atoms with van der Waals surface area (Å²) in [5.74, 6) is -0.191. The number of unbranched alkanes of at least 4 members (excludes halogenated alkanes) is 29. The first-order valence-electron chi connectivity index (χ1n) is 22.6. The third-order valence-electron chi connectivity index (χ3n) is 10.7. The summed E-state index contributed by atoms with van der Waals surface area (Å²) in [6, 6.07) is 0. The second-order valence-corrected chi connectivity index (χ2v) is 17.3. The first kappa shape index (κ1) is 51.0. The van der Waals surface area contributed by atoms with Crippen LogP contribution in [0, 0.1) is 0 Å². The van der Waals surface area contributed by atoms with Crippen molar-refractivity contribution in [2.24, 2.45) is 0 Å². The molecule has 0 fully saturated rings. The van der Waals surface area contributed by atoms with Gasteiger partial charge in [-0.3, -0.25) is 0 Å². The Morgan fingerprint density at radius 3 is 0.694 bits per heavy atom. The lowest BCUT2D eigenvalue weighted by Crippen LogP contribution is -2.50. The predicted molar refractivity (Wildman–Crippen MR) is 220 cm³/mol. The van der Waals surface area contributed by atoms with E-state index in [1.165, 1.54) is 230 Å². The van der Waals surface area contributed by atoms with E-state index in [0.29, 0.717) is 6.42 Å². The SMILES string of the molecule is CCCCCCCCCCCCS(=O)(=O)[O-].CCCCCCCC[N+](CCCCCCCC)(CCCCCCCC)CCCCCCCC. The topological polar surface area (TPSA) is 57.2 Å². The molecule has 0 atom stereocenters. The van der Waals surface area contributed by atoms with Gasteiger partial charge >= 0.3 is 0 Å². The van der Waals surface area contributed by atoms with E-state index < -0.39 is 10.1 Å². The Balaban J connectivity index is 0. The van der Waals surface area contributed by atoms with Crippen molar-refractivity contribution in [2.75, 3.05) is 31.9 Å². The van der Waals surface area contributed by atoms with Crippen LogP contribution in [0.4, 0.5) is 0 Å². The summed E-state index contributed by atoms with van der Waals surface area (Å²) < 4.78 is 32.4. The van der Waals surface area contributed by atoms with Crippen molar-refractivity contribution in [2.45, 2.75) is 253 Å². The largest absolute Gasteiger partial charge is 0.748 e. The molecule has 4 nitrogen and oxygen atoms in total. The maximum absolute atomic E-state index is 10.3. The van der Waals surface area contributed by atoms with Crippen LogP contribution >= 0.6 is 0 Å². The number of nitrogens with zero attached hydrogens (tertiary/aromatic N) is 1. The fraction of sp³-hybridized carbons (Fsp3) is 1.00. The van der Waals surface area contributed by atoms with Gasteiger partial charge in [0.05, 0.1) is 36.3 Å². The van der Waals surface area contributed by atoms with Crippen LogP contribution in [0.15, 0.2) is 0 Å². The molecule has 0 aromatic carbocycles. The molecule has 0 N–H and O–H groups in total. The van der Waals surface area contributed by atoms with Crippen LogP contribution in [-0.4, -0.2) is 49.4 Å². The van der Waals surface area contributed by atoms with Crippen molar-refractivity contribution >= 4 is 10.1 Å². The zero-order chi connectivity index (χ0) is 36.6. The van der Waals surface area contributed by atoms with E-state index in [-0.39, 0.29) is 5.75 Å². The average molecular weight is 716 g/mol. The van der Waals surface area contributed by atoms with Crippen LogP contribution in [0.1, 0.15) is 253 Å². The highest BCUT2D eigenvalue weighted by Crippen LogP contribution is 2.21. The molecule has 0 unspecified atom stereocenters. The second kappa shape index (κ2) is 40.6. The molecule has 0 saturated carbocycles. The van der Waals surface area contributed by atoms with Crippen LogP contribution in [0.5, 0.6) is 0 Å². The molecular formula is C44H93NO3S. The Kier molecular flexibility index (Phi) is 42.3. The van der Waals surface area contributed by atoms with E-state index in [2.05, 4.69) is 34.6 Å². The van der Waals surface area contributed by atoms with Crippen molar-refractivity contribution in [3.8, 4) is 0 Å². The van der Waals surface area contributed by atoms with E-state index >= 15 is 0 Å². The van der Waals surface area contributed by atoms with Gasteiger partial charge in [-0.1, -0.05) is 195 Å². The monoisotopic (exact) mass is 716 g/mol. The summed E-state index contributed by atoms with van der Waals surface area (Å²) in [7, 11) is -3.98. The van der Waals surface area contributed by atoms with Gasteiger partial charge in [0, 0.05) is 5.75 Å². The summed E-state index contributed by atoms with van der Waals surface area (Å²) in [5, 5.41) is 0. The maximum atomic E-state index is 10.3. The van der Waals surface area contributed by atoms with E-state index in [0.717, 1.165) is 12.8 Å². The van der Waals surface area contributed by atoms with Gasteiger partial charge in [-0.15, -0.1) is 0 Å². The molecule has 49 heavy (non-hydrogen) atoms. The van der Waals surface area contributed by atoms with Crippen molar-refractivity contribution < 1.29 is 17.5 Å². The maximum Gasteiger partial charge on any atom is 0.0945 e. The molecule has 298 valence electrons. The van der Waals surface area contributed by atoms with Gasteiger partial charge in [0.1, 0.15) is 0 Å². The van der Waals surface area contributed by atoms with Crippen molar-refractivity contribution in [1.82, 2.24) is 0 Å². The summed E-state index contributed by atoms with van der Waals surface area (Å²) in [5.41, 5.74) is 0.